The molecule has 1 fully saturated rings. The molecule has 1 aliphatic heterocycles. The van der Waals surface area contributed by atoms with Gasteiger partial charge in [0, 0.05) is 11.7 Å². The summed E-state index contributed by atoms with van der Waals surface area (Å²) in [6, 6.07) is 2.60. The lowest BCUT2D eigenvalue weighted by molar-refractivity contribution is 0.276. The summed E-state index contributed by atoms with van der Waals surface area (Å²) >= 11 is 0. The monoisotopic (exact) mass is 220 g/mol. The summed E-state index contributed by atoms with van der Waals surface area (Å²) in [5.41, 5.74) is 2.38. The molecule has 3 heteroatoms. The lowest BCUT2D eigenvalue weighted by atomic mass is 10.2. The molecule has 1 atom stereocenters. The molecule has 0 bridgehead atoms. The minimum atomic E-state index is 0.520. The fraction of sp³-hybridized carbons (Fsp3) is 0.615. The minimum Gasteiger partial charge on any atom is -0.490 e. The number of nitrogens with zero attached hydrogens (tertiary/aromatic N) is 1. The van der Waals surface area contributed by atoms with Crippen LogP contribution >= 0.6 is 0 Å². The summed E-state index contributed by atoms with van der Waals surface area (Å²) in [6.45, 7) is 6.09. The molecule has 0 radical (unpaired) electrons. The fourth-order valence-corrected chi connectivity index (χ4v) is 2.12. The first-order valence-electron chi connectivity index (χ1n) is 6.11. The van der Waals surface area contributed by atoms with Crippen LogP contribution in [0.4, 0.5) is 0 Å². The van der Waals surface area contributed by atoms with Crippen molar-refractivity contribution in [1.82, 2.24) is 10.3 Å². The Morgan fingerprint density at radius 2 is 2.44 bits per heavy atom. The van der Waals surface area contributed by atoms with E-state index in [9.17, 15) is 0 Å². The van der Waals surface area contributed by atoms with Gasteiger partial charge in [0.1, 0.15) is 12.4 Å². The van der Waals surface area contributed by atoms with E-state index in [1.807, 2.05) is 6.20 Å². The molecule has 2 heterocycles. The molecule has 1 aromatic rings. The zero-order valence-electron chi connectivity index (χ0n) is 10.1. The van der Waals surface area contributed by atoms with Crippen LogP contribution in [0.15, 0.2) is 12.3 Å². The van der Waals surface area contributed by atoms with Crippen LogP contribution in [0.3, 0.4) is 0 Å². The molecule has 0 amide bonds. The molecule has 1 aliphatic rings. The first kappa shape index (κ1) is 11.4. The summed E-state index contributed by atoms with van der Waals surface area (Å²) in [5, 5.41) is 3.42. The normalized spacial score (nSPS) is 20.0. The number of rotatable bonds is 4. The first-order chi connectivity index (χ1) is 7.79. The molecule has 1 saturated heterocycles. The SMILES string of the molecule is CCc1ncc(OCC2CCCN2)cc1C. The number of nitrogens with one attached hydrogen (secondary N) is 1. The second kappa shape index (κ2) is 5.30. The molecule has 1 N–H and O–H groups in total. The van der Waals surface area contributed by atoms with Crippen LogP contribution in [0.1, 0.15) is 31.0 Å². The third kappa shape index (κ3) is 2.73. The number of hydrogen-bond acceptors (Lipinski definition) is 3. The number of ether oxygens (including phenoxy) is 1. The highest BCUT2D eigenvalue weighted by molar-refractivity contribution is 5.28. The van der Waals surface area contributed by atoms with Gasteiger partial charge in [-0.15, -0.1) is 0 Å². The van der Waals surface area contributed by atoms with Crippen molar-refractivity contribution in [2.24, 2.45) is 0 Å². The van der Waals surface area contributed by atoms with Crippen LogP contribution in [0.25, 0.3) is 0 Å². The van der Waals surface area contributed by atoms with E-state index in [2.05, 4.69) is 30.2 Å². The summed E-state index contributed by atoms with van der Waals surface area (Å²) in [7, 11) is 0. The summed E-state index contributed by atoms with van der Waals surface area (Å²) in [5.74, 6) is 0.892. The largest absolute Gasteiger partial charge is 0.490 e. The zero-order chi connectivity index (χ0) is 11.4. The maximum Gasteiger partial charge on any atom is 0.137 e. The molecule has 0 aromatic carbocycles. The molecule has 2 rings (SSSR count). The Labute approximate surface area is 97.2 Å². The van der Waals surface area contributed by atoms with Gasteiger partial charge >= 0.3 is 0 Å². The van der Waals surface area contributed by atoms with E-state index in [4.69, 9.17) is 4.74 Å². The van der Waals surface area contributed by atoms with Gasteiger partial charge in [-0.1, -0.05) is 6.92 Å². The third-order valence-corrected chi connectivity index (χ3v) is 3.11. The third-order valence-electron chi connectivity index (χ3n) is 3.11. The molecule has 3 nitrogen and oxygen atoms in total. The van der Waals surface area contributed by atoms with Crippen molar-refractivity contribution in [3.8, 4) is 5.75 Å². The first-order valence-corrected chi connectivity index (χ1v) is 6.11. The van der Waals surface area contributed by atoms with E-state index in [-0.39, 0.29) is 0 Å². The smallest absolute Gasteiger partial charge is 0.137 e. The van der Waals surface area contributed by atoms with E-state index in [0.29, 0.717) is 6.04 Å². The van der Waals surface area contributed by atoms with Gasteiger partial charge < -0.3 is 10.1 Å². The van der Waals surface area contributed by atoms with Crippen molar-refractivity contribution < 1.29 is 4.74 Å². The highest BCUT2D eigenvalue weighted by atomic mass is 16.5. The average Bonchev–Trinajstić information content (AvgIpc) is 2.79. The highest BCUT2D eigenvalue weighted by Gasteiger charge is 2.14. The highest BCUT2D eigenvalue weighted by Crippen LogP contribution is 2.16. The summed E-state index contributed by atoms with van der Waals surface area (Å²) in [4.78, 5) is 4.40. The Hall–Kier alpha value is -1.09. The van der Waals surface area contributed by atoms with Gasteiger partial charge in [0.25, 0.3) is 0 Å². The standard InChI is InChI=1S/C13H20N2O/c1-3-13-10(2)7-12(8-15-13)16-9-11-5-4-6-14-11/h7-8,11,14H,3-6,9H2,1-2H3. The topological polar surface area (TPSA) is 34.1 Å². The van der Waals surface area contributed by atoms with Crippen molar-refractivity contribution in [3.63, 3.8) is 0 Å². The molecule has 88 valence electrons. The van der Waals surface area contributed by atoms with Crippen LogP contribution in [-0.2, 0) is 6.42 Å². The van der Waals surface area contributed by atoms with Gasteiger partial charge in [0.2, 0.25) is 0 Å². The van der Waals surface area contributed by atoms with E-state index in [1.54, 1.807) is 0 Å². The van der Waals surface area contributed by atoms with E-state index < -0.39 is 0 Å². The van der Waals surface area contributed by atoms with E-state index in [0.717, 1.165) is 31.0 Å². The quantitative estimate of drug-likeness (QED) is 0.843. The Balaban J connectivity index is 1.91. The van der Waals surface area contributed by atoms with Crippen LogP contribution in [0.5, 0.6) is 5.75 Å². The average molecular weight is 220 g/mol. The molecule has 0 saturated carbocycles. The lowest BCUT2D eigenvalue weighted by Crippen LogP contribution is -2.28. The van der Waals surface area contributed by atoms with Crippen LogP contribution in [-0.4, -0.2) is 24.2 Å². The van der Waals surface area contributed by atoms with E-state index in [1.165, 1.54) is 18.4 Å². The van der Waals surface area contributed by atoms with Crippen LogP contribution < -0.4 is 10.1 Å². The summed E-state index contributed by atoms with van der Waals surface area (Å²) < 4.78 is 5.75. The fourth-order valence-electron chi connectivity index (χ4n) is 2.12. The number of pyridine rings is 1. The minimum absolute atomic E-state index is 0.520. The summed E-state index contributed by atoms with van der Waals surface area (Å²) in [6.07, 6.45) is 5.30. The molecule has 1 aromatic heterocycles. The maximum atomic E-state index is 5.75. The molecule has 0 spiro atoms. The van der Waals surface area contributed by atoms with Gasteiger partial charge in [-0.2, -0.15) is 0 Å². The Morgan fingerprint density at radius 3 is 3.06 bits per heavy atom. The molecular weight excluding hydrogens is 200 g/mol. The predicted octanol–water partition coefficient (Wildman–Crippen LogP) is 2.08. The van der Waals surface area contributed by atoms with Crippen molar-refractivity contribution >= 4 is 0 Å². The van der Waals surface area contributed by atoms with Gasteiger partial charge in [-0.25, -0.2) is 0 Å². The van der Waals surface area contributed by atoms with E-state index >= 15 is 0 Å². The Morgan fingerprint density at radius 1 is 1.56 bits per heavy atom. The molecule has 16 heavy (non-hydrogen) atoms. The second-order valence-corrected chi connectivity index (χ2v) is 4.39. The number of aromatic nitrogens is 1. The number of hydrogen-bond donors (Lipinski definition) is 1. The maximum absolute atomic E-state index is 5.75. The van der Waals surface area contributed by atoms with Crippen LogP contribution in [0, 0.1) is 6.92 Å². The predicted molar refractivity (Wildman–Crippen MR) is 64.9 cm³/mol. The van der Waals surface area contributed by atoms with Crippen LogP contribution in [0.2, 0.25) is 0 Å². The van der Waals surface area contributed by atoms with Crippen molar-refractivity contribution in [1.29, 1.82) is 0 Å². The lowest BCUT2D eigenvalue weighted by Gasteiger charge is -2.12. The van der Waals surface area contributed by atoms with Gasteiger partial charge in [0.15, 0.2) is 0 Å². The number of aryl methyl sites for hydroxylation is 2. The van der Waals surface area contributed by atoms with Crippen molar-refractivity contribution in [2.45, 2.75) is 39.2 Å². The Bertz CT molecular complexity index is 346. The van der Waals surface area contributed by atoms with Gasteiger partial charge in [0.05, 0.1) is 6.20 Å². The van der Waals surface area contributed by atoms with Crippen molar-refractivity contribution in [2.75, 3.05) is 13.2 Å². The second-order valence-electron chi connectivity index (χ2n) is 4.39. The van der Waals surface area contributed by atoms with Gasteiger partial charge in [-0.05, 0) is 44.4 Å². The Kier molecular flexibility index (Phi) is 3.78. The van der Waals surface area contributed by atoms with Gasteiger partial charge in [-0.3, -0.25) is 4.98 Å². The van der Waals surface area contributed by atoms with Crippen molar-refractivity contribution in [3.05, 3.63) is 23.5 Å². The molecule has 0 aliphatic carbocycles. The molecular formula is C13H20N2O. The zero-order valence-corrected chi connectivity index (χ0v) is 10.1. The molecule has 1 unspecified atom stereocenters.